The number of amides is 1. The first-order chi connectivity index (χ1) is 11.7. The average molecular weight is 346 g/mol. The Kier molecular flexibility index (Phi) is 5.50. The predicted molar refractivity (Wildman–Crippen MR) is 90.3 cm³/mol. The van der Waals surface area contributed by atoms with Crippen LogP contribution in [-0.4, -0.2) is 35.3 Å². The molecule has 2 aromatic rings. The van der Waals surface area contributed by atoms with Gasteiger partial charge in [-0.15, -0.1) is 0 Å². The third-order valence-corrected chi connectivity index (χ3v) is 4.39. The number of nitrogens with zero attached hydrogens (tertiary/aromatic N) is 2. The maximum Gasteiger partial charge on any atom is 0.409 e. The third kappa shape index (κ3) is 4.84. The van der Waals surface area contributed by atoms with E-state index in [1.807, 2.05) is 18.2 Å². The molecule has 1 aromatic heterocycles. The fraction of sp³-hybridized carbons (Fsp3) is 0.312. The van der Waals surface area contributed by atoms with Crippen LogP contribution in [0.1, 0.15) is 12.8 Å². The molecule has 0 saturated carbocycles. The second-order valence-corrected chi connectivity index (χ2v) is 6.34. The van der Waals surface area contributed by atoms with Crippen LogP contribution in [0.5, 0.6) is 5.75 Å². The van der Waals surface area contributed by atoms with Gasteiger partial charge in [-0.3, -0.25) is 0 Å². The van der Waals surface area contributed by atoms with Crippen molar-refractivity contribution in [1.29, 1.82) is 0 Å². The number of hydrogen-bond donors (Lipinski definition) is 2. The van der Waals surface area contributed by atoms with Crippen molar-refractivity contribution in [2.75, 3.05) is 18.5 Å². The number of carbonyl (C=O) groups is 1. The van der Waals surface area contributed by atoms with E-state index in [2.05, 4.69) is 15.3 Å². The average Bonchev–Trinajstić information content (AvgIpc) is 2.57. The number of anilines is 1. The molecule has 7 nitrogen and oxygen atoms in total. The molecule has 8 heteroatoms. The zero-order valence-corrected chi connectivity index (χ0v) is 13.8. The molecule has 0 atom stereocenters. The molecule has 1 fully saturated rings. The fourth-order valence-electron chi connectivity index (χ4n) is 2.31. The SMILES string of the molecule is NC(=O)Oc1ccc(Sc2ccnc(NC3CCOCC3)n2)cc1. The van der Waals surface area contributed by atoms with Crippen molar-refractivity contribution >= 4 is 23.8 Å². The van der Waals surface area contributed by atoms with Gasteiger partial charge < -0.3 is 20.5 Å². The Bertz CT molecular complexity index is 690. The summed E-state index contributed by atoms with van der Waals surface area (Å²) in [5, 5.41) is 4.19. The Morgan fingerprint density at radius 1 is 1.25 bits per heavy atom. The van der Waals surface area contributed by atoms with Crippen molar-refractivity contribution in [1.82, 2.24) is 9.97 Å². The summed E-state index contributed by atoms with van der Waals surface area (Å²) in [5.74, 6) is 1.04. The molecule has 0 radical (unpaired) electrons. The molecule has 2 heterocycles. The maximum atomic E-state index is 10.7. The van der Waals surface area contributed by atoms with E-state index < -0.39 is 6.09 Å². The van der Waals surface area contributed by atoms with E-state index in [4.69, 9.17) is 15.2 Å². The van der Waals surface area contributed by atoms with Gasteiger partial charge in [0.1, 0.15) is 10.8 Å². The number of nitrogens with two attached hydrogens (primary N) is 1. The molecule has 1 aromatic carbocycles. The minimum atomic E-state index is -0.824. The van der Waals surface area contributed by atoms with Crippen molar-refractivity contribution in [3.63, 3.8) is 0 Å². The molecule has 3 rings (SSSR count). The van der Waals surface area contributed by atoms with E-state index in [9.17, 15) is 4.79 Å². The van der Waals surface area contributed by atoms with E-state index in [1.165, 1.54) is 11.8 Å². The quantitative estimate of drug-likeness (QED) is 0.803. The van der Waals surface area contributed by atoms with Crippen molar-refractivity contribution in [2.24, 2.45) is 5.73 Å². The number of hydrogen-bond acceptors (Lipinski definition) is 7. The lowest BCUT2D eigenvalue weighted by Gasteiger charge is -2.23. The summed E-state index contributed by atoms with van der Waals surface area (Å²) < 4.78 is 10.2. The highest BCUT2D eigenvalue weighted by atomic mass is 32.2. The Labute approximate surface area is 144 Å². The van der Waals surface area contributed by atoms with E-state index >= 15 is 0 Å². The molecule has 0 aliphatic carbocycles. The van der Waals surface area contributed by atoms with Crippen LogP contribution in [0.3, 0.4) is 0 Å². The van der Waals surface area contributed by atoms with Crippen LogP contribution in [-0.2, 0) is 4.74 Å². The van der Waals surface area contributed by atoms with Crippen molar-refractivity contribution < 1.29 is 14.3 Å². The molecule has 24 heavy (non-hydrogen) atoms. The van der Waals surface area contributed by atoms with Gasteiger partial charge in [0.2, 0.25) is 5.95 Å². The first kappa shape index (κ1) is 16.5. The van der Waals surface area contributed by atoms with Crippen LogP contribution in [0.2, 0.25) is 0 Å². The summed E-state index contributed by atoms with van der Waals surface area (Å²) in [6, 6.07) is 9.27. The van der Waals surface area contributed by atoms with E-state index in [1.54, 1.807) is 18.3 Å². The van der Waals surface area contributed by atoms with E-state index in [0.29, 0.717) is 17.7 Å². The number of ether oxygens (including phenoxy) is 2. The molecule has 1 amide bonds. The molecule has 3 N–H and O–H groups in total. The normalized spacial score (nSPS) is 15.0. The standard InChI is InChI=1S/C16H18N4O3S/c17-15(21)23-12-1-3-13(4-2-12)24-14-5-8-18-16(20-14)19-11-6-9-22-10-7-11/h1-5,8,11H,6-7,9-10H2,(H2,17,21)(H,18,19,20). The topological polar surface area (TPSA) is 99.4 Å². The summed E-state index contributed by atoms with van der Waals surface area (Å²) in [4.78, 5) is 20.5. The van der Waals surface area contributed by atoms with Crippen molar-refractivity contribution in [3.05, 3.63) is 36.5 Å². The molecule has 0 bridgehead atoms. The van der Waals surface area contributed by atoms with Gasteiger partial charge in [-0.2, -0.15) is 0 Å². The van der Waals surface area contributed by atoms with Gasteiger partial charge in [-0.05, 0) is 43.2 Å². The highest BCUT2D eigenvalue weighted by molar-refractivity contribution is 7.99. The Hall–Kier alpha value is -2.32. The number of primary amides is 1. The first-order valence-corrected chi connectivity index (χ1v) is 8.43. The number of nitrogens with one attached hydrogen (secondary N) is 1. The molecular weight excluding hydrogens is 328 g/mol. The predicted octanol–water partition coefficient (Wildman–Crippen LogP) is 2.68. The lowest BCUT2D eigenvalue weighted by atomic mass is 10.1. The van der Waals surface area contributed by atoms with Crippen LogP contribution in [0, 0.1) is 0 Å². The lowest BCUT2D eigenvalue weighted by molar-refractivity contribution is 0.0903. The monoisotopic (exact) mass is 346 g/mol. The van der Waals surface area contributed by atoms with Crippen LogP contribution >= 0.6 is 11.8 Å². The second-order valence-electron chi connectivity index (χ2n) is 5.24. The smallest absolute Gasteiger partial charge is 0.409 e. The van der Waals surface area contributed by atoms with Crippen LogP contribution in [0.4, 0.5) is 10.7 Å². The number of aromatic nitrogens is 2. The summed E-state index contributed by atoms with van der Waals surface area (Å²) in [6.45, 7) is 1.54. The highest BCUT2D eigenvalue weighted by Gasteiger charge is 2.14. The minimum Gasteiger partial charge on any atom is -0.411 e. The van der Waals surface area contributed by atoms with Crippen LogP contribution in [0.15, 0.2) is 46.5 Å². The Balaban J connectivity index is 1.62. The van der Waals surface area contributed by atoms with Gasteiger partial charge in [-0.1, -0.05) is 11.8 Å². The van der Waals surface area contributed by atoms with Gasteiger partial charge in [-0.25, -0.2) is 14.8 Å². The van der Waals surface area contributed by atoms with Gasteiger partial charge in [0.05, 0.1) is 0 Å². The lowest BCUT2D eigenvalue weighted by Crippen LogP contribution is -2.28. The van der Waals surface area contributed by atoms with Crippen LogP contribution < -0.4 is 15.8 Å². The number of rotatable bonds is 5. The zero-order valence-electron chi connectivity index (χ0n) is 13.0. The van der Waals surface area contributed by atoms with Crippen molar-refractivity contribution in [3.8, 4) is 5.75 Å². The minimum absolute atomic E-state index is 0.351. The van der Waals surface area contributed by atoms with Crippen molar-refractivity contribution in [2.45, 2.75) is 28.8 Å². The molecule has 1 saturated heterocycles. The number of benzene rings is 1. The van der Waals surface area contributed by atoms with Gasteiger partial charge in [0, 0.05) is 30.3 Å². The Morgan fingerprint density at radius 2 is 2.00 bits per heavy atom. The Morgan fingerprint density at radius 3 is 2.71 bits per heavy atom. The summed E-state index contributed by atoms with van der Waals surface area (Å²) in [7, 11) is 0. The highest BCUT2D eigenvalue weighted by Crippen LogP contribution is 2.28. The fourth-order valence-corrected chi connectivity index (χ4v) is 3.08. The number of carbonyl (C=O) groups excluding carboxylic acids is 1. The summed E-state index contributed by atoms with van der Waals surface area (Å²) in [5.41, 5.74) is 4.98. The molecular formula is C16H18N4O3S. The van der Waals surface area contributed by atoms with E-state index in [-0.39, 0.29) is 0 Å². The summed E-state index contributed by atoms with van der Waals surface area (Å²) >= 11 is 1.50. The van der Waals surface area contributed by atoms with Gasteiger partial charge in [0.15, 0.2) is 0 Å². The summed E-state index contributed by atoms with van der Waals surface area (Å²) in [6.07, 6.45) is 2.83. The molecule has 126 valence electrons. The molecule has 1 aliphatic heterocycles. The van der Waals surface area contributed by atoms with Gasteiger partial charge >= 0.3 is 6.09 Å². The molecule has 0 spiro atoms. The third-order valence-electron chi connectivity index (χ3n) is 3.45. The maximum absolute atomic E-state index is 10.7. The van der Waals surface area contributed by atoms with Gasteiger partial charge in [0.25, 0.3) is 0 Å². The molecule has 0 unspecified atom stereocenters. The van der Waals surface area contributed by atoms with Crippen LogP contribution in [0.25, 0.3) is 0 Å². The van der Waals surface area contributed by atoms with E-state index in [0.717, 1.165) is 36.0 Å². The first-order valence-electron chi connectivity index (χ1n) is 7.61. The molecule has 1 aliphatic rings. The largest absolute Gasteiger partial charge is 0.411 e. The second kappa shape index (κ2) is 7.98. The zero-order chi connectivity index (χ0) is 16.8.